The summed E-state index contributed by atoms with van der Waals surface area (Å²) in [7, 11) is -4.31. The van der Waals surface area contributed by atoms with E-state index >= 15 is 0 Å². The van der Waals surface area contributed by atoms with Gasteiger partial charge in [-0.3, -0.25) is 14.5 Å². The average Bonchev–Trinajstić information content (AvgIpc) is 3.69. The summed E-state index contributed by atoms with van der Waals surface area (Å²) in [4.78, 5) is 30.8. The van der Waals surface area contributed by atoms with Crippen LogP contribution in [0.25, 0.3) is 10.6 Å². The van der Waals surface area contributed by atoms with Gasteiger partial charge in [-0.2, -0.15) is 17.9 Å². The van der Waals surface area contributed by atoms with Crippen LogP contribution in [0.4, 0.5) is 18.9 Å². The zero-order valence-electron chi connectivity index (χ0n) is 23.1. The normalized spacial score (nSPS) is 17.6. The number of thiophene rings is 1. The quantitative estimate of drug-likeness (QED) is 0.368. The summed E-state index contributed by atoms with van der Waals surface area (Å²) in [5.41, 5.74) is 1.13. The zero-order chi connectivity index (χ0) is 30.9. The Morgan fingerprint density at radius 1 is 1.16 bits per heavy atom. The van der Waals surface area contributed by atoms with Crippen LogP contribution in [-0.4, -0.2) is 86.7 Å². The molecule has 0 unspecified atom stereocenters. The van der Waals surface area contributed by atoms with Gasteiger partial charge in [0.2, 0.25) is 21.8 Å². The van der Waals surface area contributed by atoms with E-state index in [1.54, 1.807) is 36.1 Å². The van der Waals surface area contributed by atoms with E-state index in [2.05, 4.69) is 9.88 Å². The average molecular weight is 660 g/mol. The number of hydrogen-bond donors (Lipinski definition) is 1. The molecule has 16 heteroatoms. The highest BCUT2D eigenvalue weighted by atomic mass is 35.5. The smallest absolute Gasteiger partial charge is 0.355 e. The topological polar surface area (TPSA) is 116 Å². The van der Waals surface area contributed by atoms with E-state index in [-0.39, 0.29) is 43.4 Å². The molecule has 2 aliphatic rings. The number of amides is 2. The summed E-state index contributed by atoms with van der Waals surface area (Å²) in [5.74, 6) is -0.305. The third kappa shape index (κ3) is 7.40. The minimum atomic E-state index is -4.37. The van der Waals surface area contributed by atoms with Gasteiger partial charge in [0.1, 0.15) is 6.04 Å². The summed E-state index contributed by atoms with van der Waals surface area (Å²) in [6.45, 7) is 0.956. The Kier molecular flexibility index (Phi) is 9.18. The van der Waals surface area contributed by atoms with Gasteiger partial charge in [-0.25, -0.2) is 8.42 Å². The molecule has 0 saturated carbocycles. The van der Waals surface area contributed by atoms with E-state index in [1.807, 2.05) is 0 Å². The second-order valence-corrected chi connectivity index (χ2v) is 13.8. The van der Waals surface area contributed by atoms with Gasteiger partial charge in [0.05, 0.1) is 26.3 Å². The second-order valence-electron chi connectivity index (χ2n) is 10.4. The van der Waals surface area contributed by atoms with Crippen molar-refractivity contribution in [3.8, 4) is 10.6 Å². The van der Waals surface area contributed by atoms with Crippen molar-refractivity contribution in [1.29, 1.82) is 0 Å². The maximum atomic E-state index is 13.8. The fourth-order valence-corrected chi connectivity index (χ4v) is 7.74. The van der Waals surface area contributed by atoms with Crippen molar-refractivity contribution in [2.24, 2.45) is 0 Å². The molecule has 2 fully saturated rings. The van der Waals surface area contributed by atoms with Crippen LogP contribution in [0, 0.1) is 6.92 Å². The third-order valence-electron chi connectivity index (χ3n) is 7.38. The first-order chi connectivity index (χ1) is 20.3. The van der Waals surface area contributed by atoms with Crippen LogP contribution < -0.4 is 9.62 Å². The van der Waals surface area contributed by atoms with E-state index in [0.29, 0.717) is 51.3 Å². The molecule has 0 bridgehead atoms. The summed E-state index contributed by atoms with van der Waals surface area (Å²) in [6, 6.07) is 8.29. The summed E-state index contributed by atoms with van der Waals surface area (Å²) >= 11 is 7.28. The molecule has 43 heavy (non-hydrogen) atoms. The summed E-state index contributed by atoms with van der Waals surface area (Å²) in [5, 5.41) is 4.02. The Labute approximate surface area is 255 Å². The lowest BCUT2D eigenvalue weighted by Gasteiger charge is -2.36. The van der Waals surface area contributed by atoms with Crippen molar-refractivity contribution in [2.45, 2.75) is 43.3 Å². The molecule has 1 N–H and O–H groups in total. The Morgan fingerprint density at radius 3 is 2.53 bits per heavy atom. The number of sulfonamides is 1. The van der Waals surface area contributed by atoms with Gasteiger partial charge in [0, 0.05) is 57.3 Å². The molecule has 1 atom stereocenters. The van der Waals surface area contributed by atoms with Crippen LogP contribution >= 0.6 is 22.9 Å². The Morgan fingerprint density at radius 2 is 1.91 bits per heavy atom. The third-order valence-corrected chi connectivity index (χ3v) is 10.2. The fourth-order valence-electron chi connectivity index (χ4n) is 5.30. The van der Waals surface area contributed by atoms with Gasteiger partial charge in [-0.15, -0.1) is 11.3 Å². The molecule has 2 aromatic heterocycles. The lowest BCUT2D eigenvalue weighted by Crippen LogP contribution is -2.56. The maximum Gasteiger partial charge on any atom is 0.401 e. The van der Waals surface area contributed by atoms with Gasteiger partial charge in [0.25, 0.3) is 0 Å². The molecule has 2 amide bonds. The number of rotatable bonds is 9. The molecular formula is C27H29ClF3N5O5S2. The zero-order valence-corrected chi connectivity index (χ0v) is 25.5. The van der Waals surface area contributed by atoms with Crippen LogP contribution in [0.2, 0.25) is 4.34 Å². The number of alkyl halides is 3. The van der Waals surface area contributed by atoms with E-state index < -0.39 is 34.7 Å². The Bertz CT molecular complexity index is 1600. The largest absolute Gasteiger partial charge is 0.401 e. The van der Waals surface area contributed by atoms with Crippen molar-refractivity contribution in [1.82, 2.24) is 19.7 Å². The number of piperazine rings is 1. The lowest BCUT2D eigenvalue weighted by atomic mass is 10.1. The van der Waals surface area contributed by atoms with E-state index in [9.17, 15) is 31.2 Å². The van der Waals surface area contributed by atoms with Crippen LogP contribution in [0.1, 0.15) is 24.1 Å². The lowest BCUT2D eigenvalue weighted by molar-refractivity contribution is -0.152. The predicted octanol–water partition coefficient (Wildman–Crippen LogP) is 4.09. The van der Waals surface area contributed by atoms with Gasteiger partial charge in [-0.1, -0.05) is 22.8 Å². The van der Waals surface area contributed by atoms with Crippen molar-refractivity contribution >= 4 is 50.5 Å². The van der Waals surface area contributed by atoms with Crippen LogP contribution in [-0.2, 0) is 26.0 Å². The molecule has 2 aliphatic heterocycles. The number of carbonyl (C=O) groups is 2. The summed E-state index contributed by atoms with van der Waals surface area (Å²) < 4.78 is 74.6. The standard InChI is InChI=1S/C27H29ClF3N5O5S2/c1-17-20(36-9-3-6-25(36)37)4-2-5-23(17)43(39,40)33-19(14-18-15-21(41-32-18)22-7-8-24(28)42-22)26(38)35-12-10-34(11-13-35)16-27(29,30)31/h2,4-5,7-8,15,19,33H,3,6,9-14,16H2,1H3/t19-/m0/s1. The molecular weight excluding hydrogens is 631 g/mol. The number of benzene rings is 1. The van der Waals surface area contributed by atoms with Crippen molar-refractivity contribution in [3.63, 3.8) is 0 Å². The highest BCUT2D eigenvalue weighted by Gasteiger charge is 2.36. The minimum absolute atomic E-state index is 0.00349. The Balaban J connectivity index is 1.40. The highest BCUT2D eigenvalue weighted by Crippen LogP contribution is 2.32. The summed E-state index contributed by atoms with van der Waals surface area (Å²) in [6.07, 6.45) is -3.50. The minimum Gasteiger partial charge on any atom is -0.355 e. The van der Waals surface area contributed by atoms with Crippen LogP contribution in [0.15, 0.2) is 45.8 Å². The SMILES string of the molecule is Cc1c(N2CCCC2=O)cccc1S(=O)(=O)N[C@@H](Cc1cc(-c2ccc(Cl)s2)on1)C(=O)N1CCN(CC(F)(F)F)CC1. The maximum absolute atomic E-state index is 13.8. The number of nitrogens with one attached hydrogen (secondary N) is 1. The first kappa shape index (κ1) is 31.4. The van der Waals surface area contributed by atoms with Gasteiger partial charge < -0.3 is 14.3 Å². The molecule has 3 aromatic rings. The fraction of sp³-hybridized carbons (Fsp3) is 0.444. The van der Waals surface area contributed by atoms with Crippen molar-refractivity contribution < 1.29 is 35.7 Å². The van der Waals surface area contributed by atoms with Crippen LogP contribution in [0.5, 0.6) is 0 Å². The number of hydrogen-bond acceptors (Lipinski definition) is 8. The number of carbonyl (C=O) groups excluding carboxylic acids is 2. The monoisotopic (exact) mass is 659 g/mol. The van der Waals surface area contributed by atoms with E-state index in [0.717, 1.165) is 0 Å². The van der Waals surface area contributed by atoms with E-state index in [4.69, 9.17) is 16.1 Å². The number of aromatic nitrogens is 1. The number of anilines is 1. The highest BCUT2D eigenvalue weighted by molar-refractivity contribution is 7.89. The van der Waals surface area contributed by atoms with E-state index in [1.165, 1.54) is 33.3 Å². The number of halogens is 4. The molecule has 0 aliphatic carbocycles. The van der Waals surface area contributed by atoms with Gasteiger partial charge >= 0.3 is 6.18 Å². The second kappa shape index (κ2) is 12.6. The van der Waals surface area contributed by atoms with Crippen LogP contribution in [0.3, 0.4) is 0 Å². The van der Waals surface area contributed by atoms with Gasteiger partial charge in [0.15, 0.2) is 5.76 Å². The molecule has 5 rings (SSSR count). The van der Waals surface area contributed by atoms with Crippen molar-refractivity contribution in [3.05, 3.63) is 52.0 Å². The molecule has 10 nitrogen and oxygen atoms in total. The molecule has 0 radical (unpaired) electrons. The molecule has 232 valence electrons. The Hall–Kier alpha value is -2.98. The first-order valence-corrected chi connectivity index (χ1v) is 16.2. The first-order valence-electron chi connectivity index (χ1n) is 13.5. The molecule has 2 saturated heterocycles. The number of nitrogens with zero attached hydrogens (tertiary/aromatic N) is 4. The molecule has 1 aromatic carbocycles. The molecule has 4 heterocycles. The molecule has 0 spiro atoms. The predicted molar refractivity (Wildman–Crippen MR) is 154 cm³/mol. The van der Waals surface area contributed by atoms with Crippen molar-refractivity contribution in [2.75, 3.05) is 44.2 Å². The van der Waals surface area contributed by atoms with Gasteiger partial charge in [-0.05, 0) is 43.2 Å².